The summed E-state index contributed by atoms with van der Waals surface area (Å²) >= 11 is 0. The molecule has 1 aromatic rings. The van der Waals surface area contributed by atoms with Gasteiger partial charge in [0.15, 0.2) is 0 Å². The molecule has 0 bridgehead atoms. The van der Waals surface area contributed by atoms with Gasteiger partial charge in [0, 0.05) is 18.8 Å². The van der Waals surface area contributed by atoms with Gasteiger partial charge < -0.3 is 10.5 Å². The molecule has 0 amide bonds. The summed E-state index contributed by atoms with van der Waals surface area (Å²) in [6.07, 6.45) is 0.780. The van der Waals surface area contributed by atoms with Gasteiger partial charge in [0.2, 0.25) is 10.0 Å². The number of anilines is 1. The second-order valence-electron chi connectivity index (χ2n) is 6.00. The van der Waals surface area contributed by atoms with E-state index in [2.05, 4.69) is 4.74 Å². The Balaban J connectivity index is 2.50. The van der Waals surface area contributed by atoms with Crippen LogP contribution in [0.5, 0.6) is 0 Å². The summed E-state index contributed by atoms with van der Waals surface area (Å²) in [5.74, 6) is -0.688. The van der Waals surface area contributed by atoms with Crippen LogP contribution in [0.2, 0.25) is 0 Å². The van der Waals surface area contributed by atoms with Crippen molar-refractivity contribution >= 4 is 21.7 Å². The van der Waals surface area contributed by atoms with Gasteiger partial charge in [0.05, 0.1) is 17.6 Å². The standard InChI is InChI=1S/C14H20N2O4S/c1-14(2)6-7-16(9-14)21(18,19)12-8-10(15)4-5-11(12)13(17)20-3/h4-5,8H,6-7,9,15H2,1-3H3. The van der Waals surface area contributed by atoms with Gasteiger partial charge in [-0.05, 0) is 30.0 Å². The molecule has 1 aromatic carbocycles. The van der Waals surface area contributed by atoms with Gasteiger partial charge in [0.1, 0.15) is 0 Å². The Kier molecular flexibility index (Phi) is 3.99. The molecule has 7 heteroatoms. The Bertz CT molecular complexity index is 668. The van der Waals surface area contributed by atoms with E-state index < -0.39 is 16.0 Å². The number of nitrogens with two attached hydrogens (primary N) is 1. The number of hydrogen-bond donors (Lipinski definition) is 1. The maximum Gasteiger partial charge on any atom is 0.339 e. The smallest absolute Gasteiger partial charge is 0.339 e. The maximum atomic E-state index is 12.8. The third-order valence-corrected chi connectivity index (χ3v) is 5.56. The van der Waals surface area contributed by atoms with Crippen molar-refractivity contribution in [2.24, 2.45) is 5.41 Å². The predicted octanol–water partition coefficient (Wildman–Crippen LogP) is 1.48. The van der Waals surface area contributed by atoms with Crippen LogP contribution in [0.4, 0.5) is 5.69 Å². The highest BCUT2D eigenvalue weighted by molar-refractivity contribution is 7.89. The first kappa shape index (κ1) is 15.8. The molecule has 21 heavy (non-hydrogen) atoms. The van der Waals surface area contributed by atoms with Gasteiger partial charge in [0.25, 0.3) is 0 Å². The number of benzene rings is 1. The second kappa shape index (κ2) is 5.31. The first-order valence-electron chi connectivity index (χ1n) is 6.65. The Hall–Kier alpha value is -1.60. The van der Waals surface area contributed by atoms with Crippen LogP contribution in [-0.4, -0.2) is 38.9 Å². The van der Waals surface area contributed by atoms with E-state index in [0.29, 0.717) is 18.8 Å². The number of nitrogen functional groups attached to an aromatic ring is 1. The Morgan fingerprint density at radius 2 is 2.05 bits per heavy atom. The van der Waals surface area contributed by atoms with Crippen LogP contribution in [0, 0.1) is 5.41 Å². The highest BCUT2D eigenvalue weighted by atomic mass is 32.2. The summed E-state index contributed by atoms with van der Waals surface area (Å²) in [5, 5.41) is 0. The van der Waals surface area contributed by atoms with E-state index in [9.17, 15) is 13.2 Å². The Morgan fingerprint density at radius 1 is 1.38 bits per heavy atom. The maximum absolute atomic E-state index is 12.8. The van der Waals surface area contributed by atoms with Gasteiger partial charge in [-0.25, -0.2) is 13.2 Å². The van der Waals surface area contributed by atoms with Crippen molar-refractivity contribution in [3.8, 4) is 0 Å². The van der Waals surface area contributed by atoms with Crippen molar-refractivity contribution < 1.29 is 17.9 Å². The number of carbonyl (C=O) groups is 1. The number of esters is 1. The van der Waals surface area contributed by atoms with Gasteiger partial charge >= 0.3 is 5.97 Å². The molecule has 6 nitrogen and oxygen atoms in total. The summed E-state index contributed by atoms with van der Waals surface area (Å²) in [6, 6.07) is 4.18. The minimum Gasteiger partial charge on any atom is -0.465 e. The van der Waals surface area contributed by atoms with E-state index in [-0.39, 0.29) is 15.9 Å². The van der Waals surface area contributed by atoms with E-state index in [1.807, 2.05) is 13.8 Å². The summed E-state index contributed by atoms with van der Waals surface area (Å²) in [7, 11) is -2.55. The van der Waals surface area contributed by atoms with Crippen LogP contribution in [-0.2, 0) is 14.8 Å². The minimum atomic E-state index is -3.77. The lowest BCUT2D eigenvalue weighted by Crippen LogP contribution is -2.31. The molecule has 1 heterocycles. The lowest BCUT2D eigenvalue weighted by molar-refractivity contribution is 0.0596. The number of hydrogen-bond acceptors (Lipinski definition) is 5. The van der Waals surface area contributed by atoms with Gasteiger partial charge in [-0.3, -0.25) is 0 Å². The van der Waals surface area contributed by atoms with E-state index in [4.69, 9.17) is 5.73 Å². The molecule has 2 rings (SSSR count). The summed E-state index contributed by atoms with van der Waals surface area (Å²) in [6.45, 7) is 4.89. The minimum absolute atomic E-state index is 0.0106. The van der Waals surface area contributed by atoms with Crippen molar-refractivity contribution in [3.63, 3.8) is 0 Å². The quantitative estimate of drug-likeness (QED) is 0.674. The molecular weight excluding hydrogens is 292 g/mol. The average Bonchev–Trinajstić information content (AvgIpc) is 2.79. The highest BCUT2D eigenvalue weighted by Gasteiger charge is 2.38. The second-order valence-corrected chi connectivity index (χ2v) is 7.91. The topological polar surface area (TPSA) is 89.7 Å². The molecule has 0 aliphatic carbocycles. The molecule has 0 atom stereocenters. The molecule has 1 aliphatic rings. The van der Waals surface area contributed by atoms with Gasteiger partial charge in [-0.2, -0.15) is 4.31 Å². The molecule has 1 fully saturated rings. The Labute approximate surface area is 124 Å². The number of ether oxygens (including phenoxy) is 1. The molecule has 0 unspecified atom stereocenters. The SMILES string of the molecule is COC(=O)c1ccc(N)cc1S(=O)(=O)N1CCC(C)(C)C1. The zero-order chi connectivity index (χ0) is 15.8. The van der Waals surface area contributed by atoms with Crippen molar-refractivity contribution in [3.05, 3.63) is 23.8 Å². The summed E-state index contributed by atoms with van der Waals surface area (Å²) in [4.78, 5) is 11.7. The number of rotatable bonds is 3. The predicted molar refractivity (Wildman–Crippen MR) is 79.4 cm³/mol. The molecule has 0 aromatic heterocycles. The van der Waals surface area contributed by atoms with Crippen molar-refractivity contribution in [1.82, 2.24) is 4.31 Å². The molecule has 1 aliphatic heterocycles. The lowest BCUT2D eigenvalue weighted by Gasteiger charge is -2.21. The van der Waals surface area contributed by atoms with Crippen LogP contribution >= 0.6 is 0 Å². The summed E-state index contributed by atoms with van der Waals surface area (Å²) < 4.78 is 31.6. The van der Waals surface area contributed by atoms with Crippen molar-refractivity contribution in [2.75, 3.05) is 25.9 Å². The van der Waals surface area contributed by atoms with E-state index in [0.717, 1.165) is 6.42 Å². The first-order valence-corrected chi connectivity index (χ1v) is 8.09. The lowest BCUT2D eigenvalue weighted by atomic mass is 9.93. The van der Waals surface area contributed by atoms with Gasteiger partial charge in [-0.1, -0.05) is 13.8 Å². The van der Waals surface area contributed by atoms with Gasteiger partial charge in [-0.15, -0.1) is 0 Å². The van der Waals surface area contributed by atoms with Crippen LogP contribution < -0.4 is 5.73 Å². The highest BCUT2D eigenvalue weighted by Crippen LogP contribution is 2.34. The normalized spacial score (nSPS) is 18.6. The zero-order valence-electron chi connectivity index (χ0n) is 12.4. The summed E-state index contributed by atoms with van der Waals surface area (Å²) in [5.41, 5.74) is 5.91. The molecule has 2 N–H and O–H groups in total. The largest absolute Gasteiger partial charge is 0.465 e. The Morgan fingerprint density at radius 3 is 2.57 bits per heavy atom. The molecular formula is C14H20N2O4S. The molecule has 116 valence electrons. The third kappa shape index (κ3) is 3.03. The number of nitrogens with zero attached hydrogens (tertiary/aromatic N) is 1. The number of carbonyl (C=O) groups excluding carboxylic acids is 1. The van der Waals surface area contributed by atoms with E-state index in [1.54, 1.807) is 0 Å². The van der Waals surface area contributed by atoms with Crippen LogP contribution in [0.25, 0.3) is 0 Å². The number of sulfonamides is 1. The fraction of sp³-hybridized carbons (Fsp3) is 0.500. The molecule has 0 radical (unpaired) electrons. The average molecular weight is 312 g/mol. The van der Waals surface area contributed by atoms with Crippen LogP contribution in [0.3, 0.4) is 0 Å². The van der Waals surface area contributed by atoms with Crippen molar-refractivity contribution in [1.29, 1.82) is 0 Å². The zero-order valence-corrected chi connectivity index (χ0v) is 13.2. The monoisotopic (exact) mass is 312 g/mol. The van der Waals surface area contributed by atoms with E-state index >= 15 is 0 Å². The van der Waals surface area contributed by atoms with Crippen LogP contribution in [0.15, 0.2) is 23.1 Å². The fourth-order valence-corrected chi connectivity index (χ4v) is 4.28. The molecule has 1 saturated heterocycles. The molecule has 0 spiro atoms. The van der Waals surface area contributed by atoms with Crippen LogP contribution in [0.1, 0.15) is 30.6 Å². The van der Waals surface area contributed by atoms with Crippen molar-refractivity contribution in [2.45, 2.75) is 25.2 Å². The molecule has 0 saturated carbocycles. The fourth-order valence-electron chi connectivity index (χ4n) is 2.44. The third-order valence-electron chi connectivity index (χ3n) is 3.67. The first-order chi connectivity index (χ1) is 9.67. The van der Waals surface area contributed by atoms with E-state index in [1.165, 1.54) is 29.6 Å². The number of methoxy groups -OCH3 is 1.